The molecule has 2 aliphatic heterocycles. The summed E-state index contributed by atoms with van der Waals surface area (Å²) in [5, 5.41) is 2.86. The molecule has 1 aromatic carbocycles. The Morgan fingerprint density at radius 1 is 1.41 bits per heavy atom. The average molecular weight is 232 g/mol. The lowest BCUT2D eigenvalue weighted by molar-refractivity contribution is -0.146. The summed E-state index contributed by atoms with van der Waals surface area (Å²) in [5.41, 5.74) is 1.86. The van der Waals surface area contributed by atoms with Gasteiger partial charge in [0.15, 0.2) is 6.04 Å². The van der Waals surface area contributed by atoms with Crippen molar-refractivity contribution in [1.82, 2.24) is 10.2 Å². The standard InChI is InChI=1S/C12H12N2O3/c1-17-11(15)10-8-5-3-2-4-7(8)9-6-14(10)12(16)13-9/h2-5,9-10H,6H2,1H3,(H,13,16)/t9-,10?/m0/s1. The monoisotopic (exact) mass is 232 g/mol. The van der Waals surface area contributed by atoms with Crippen molar-refractivity contribution in [2.24, 2.45) is 0 Å². The second-order valence-electron chi connectivity index (χ2n) is 4.21. The number of carbonyl (C=O) groups is 2. The molecular weight excluding hydrogens is 220 g/mol. The number of amides is 2. The van der Waals surface area contributed by atoms with Crippen LogP contribution in [0.25, 0.3) is 0 Å². The normalized spacial score (nSPS) is 25.2. The fourth-order valence-corrected chi connectivity index (χ4v) is 2.57. The fraction of sp³-hybridized carbons (Fsp3) is 0.333. The van der Waals surface area contributed by atoms with E-state index in [1.807, 2.05) is 24.3 Å². The Morgan fingerprint density at radius 3 is 2.82 bits per heavy atom. The molecule has 2 aliphatic rings. The van der Waals surface area contributed by atoms with Crippen molar-refractivity contribution in [3.05, 3.63) is 35.4 Å². The number of esters is 1. The SMILES string of the molecule is COC(=O)C1c2ccccc2[C@@H]2CN1C(=O)N2. The van der Waals surface area contributed by atoms with Crippen molar-refractivity contribution in [3.8, 4) is 0 Å². The van der Waals surface area contributed by atoms with Gasteiger partial charge >= 0.3 is 12.0 Å². The smallest absolute Gasteiger partial charge is 0.333 e. The molecule has 0 spiro atoms. The molecule has 1 fully saturated rings. The van der Waals surface area contributed by atoms with Crippen LogP contribution in [-0.2, 0) is 9.53 Å². The van der Waals surface area contributed by atoms with Crippen LogP contribution in [0.3, 0.4) is 0 Å². The zero-order valence-corrected chi connectivity index (χ0v) is 9.34. The molecule has 1 aromatic rings. The van der Waals surface area contributed by atoms with Crippen LogP contribution in [0.2, 0.25) is 0 Å². The zero-order chi connectivity index (χ0) is 12.0. The number of hydrogen-bond acceptors (Lipinski definition) is 3. The first-order valence-corrected chi connectivity index (χ1v) is 5.46. The van der Waals surface area contributed by atoms with Crippen molar-refractivity contribution in [1.29, 1.82) is 0 Å². The lowest BCUT2D eigenvalue weighted by Crippen LogP contribution is -2.38. The number of ether oxygens (including phenoxy) is 1. The van der Waals surface area contributed by atoms with Gasteiger partial charge in [-0.1, -0.05) is 24.3 Å². The van der Waals surface area contributed by atoms with Gasteiger partial charge in [0.05, 0.1) is 13.2 Å². The van der Waals surface area contributed by atoms with Gasteiger partial charge in [-0.3, -0.25) is 0 Å². The van der Waals surface area contributed by atoms with Crippen LogP contribution in [0, 0.1) is 0 Å². The van der Waals surface area contributed by atoms with E-state index in [2.05, 4.69) is 5.32 Å². The molecule has 88 valence electrons. The van der Waals surface area contributed by atoms with Gasteiger partial charge in [0, 0.05) is 6.54 Å². The predicted octanol–water partition coefficient (Wildman–Crippen LogP) is 0.981. The van der Waals surface area contributed by atoms with Gasteiger partial charge < -0.3 is 15.0 Å². The van der Waals surface area contributed by atoms with Crippen LogP contribution in [0.5, 0.6) is 0 Å². The number of hydrogen-bond donors (Lipinski definition) is 1. The first-order valence-electron chi connectivity index (χ1n) is 5.46. The van der Waals surface area contributed by atoms with Gasteiger partial charge in [-0.05, 0) is 11.1 Å². The number of methoxy groups -OCH3 is 1. The molecule has 0 radical (unpaired) electrons. The second-order valence-corrected chi connectivity index (χ2v) is 4.21. The minimum absolute atomic E-state index is 0.0143. The third kappa shape index (κ3) is 1.32. The Hall–Kier alpha value is -2.04. The molecule has 0 aliphatic carbocycles. The molecule has 0 aromatic heterocycles. The number of benzene rings is 1. The van der Waals surface area contributed by atoms with Crippen LogP contribution >= 0.6 is 0 Å². The molecule has 17 heavy (non-hydrogen) atoms. The first-order chi connectivity index (χ1) is 8.22. The van der Waals surface area contributed by atoms with Gasteiger partial charge in [0.1, 0.15) is 0 Å². The Bertz CT molecular complexity index is 500. The van der Waals surface area contributed by atoms with E-state index in [1.54, 1.807) is 0 Å². The number of fused-ring (bicyclic) bond motifs is 4. The summed E-state index contributed by atoms with van der Waals surface area (Å²) in [5.74, 6) is -0.395. The summed E-state index contributed by atoms with van der Waals surface area (Å²) in [6, 6.07) is 6.75. The highest BCUT2D eigenvalue weighted by Crippen LogP contribution is 2.38. The minimum atomic E-state index is -0.616. The highest BCUT2D eigenvalue weighted by atomic mass is 16.5. The van der Waals surface area contributed by atoms with Gasteiger partial charge in [-0.2, -0.15) is 0 Å². The van der Waals surface area contributed by atoms with Gasteiger partial charge in [0.25, 0.3) is 0 Å². The maximum absolute atomic E-state index is 11.8. The van der Waals surface area contributed by atoms with E-state index >= 15 is 0 Å². The van der Waals surface area contributed by atoms with Crippen LogP contribution in [0.4, 0.5) is 4.79 Å². The summed E-state index contributed by atoms with van der Waals surface area (Å²) in [6.45, 7) is 0.523. The largest absolute Gasteiger partial charge is 0.467 e. The maximum Gasteiger partial charge on any atom is 0.333 e. The van der Waals surface area contributed by atoms with Crippen molar-refractivity contribution >= 4 is 12.0 Å². The maximum atomic E-state index is 11.8. The summed E-state index contributed by atoms with van der Waals surface area (Å²) in [4.78, 5) is 25.1. The van der Waals surface area contributed by atoms with Gasteiger partial charge in [0.2, 0.25) is 0 Å². The molecular formula is C12H12N2O3. The third-order valence-electron chi connectivity index (χ3n) is 3.34. The average Bonchev–Trinajstić information content (AvgIpc) is 2.68. The van der Waals surface area contributed by atoms with Crippen molar-refractivity contribution in [3.63, 3.8) is 0 Å². The van der Waals surface area contributed by atoms with Crippen LogP contribution in [0.15, 0.2) is 24.3 Å². The summed E-state index contributed by atoms with van der Waals surface area (Å²) >= 11 is 0. The molecule has 1 N–H and O–H groups in total. The number of rotatable bonds is 1. The lowest BCUT2D eigenvalue weighted by Gasteiger charge is -2.30. The molecule has 2 bridgehead atoms. The molecule has 3 rings (SSSR count). The number of carbonyl (C=O) groups excluding carboxylic acids is 2. The fourth-order valence-electron chi connectivity index (χ4n) is 2.57. The Balaban J connectivity index is 2.14. The van der Waals surface area contributed by atoms with E-state index < -0.39 is 12.0 Å². The highest BCUT2D eigenvalue weighted by Gasteiger charge is 2.45. The molecule has 5 nitrogen and oxygen atoms in total. The molecule has 5 heteroatoms. The highest BCUT2D eigenvalue weighted by molar-refractivity contribution is 5.88. The quantitative estimate of drug-likeness (QED) is 0.734. The van der Waals surface area contributed by atoms with E-state index in [-0.39, 0.29) is 12.1 Å². The topological polar surface area (TPSA) is 58.6 Å². The van der Waals surface area contributed by atoms with Crippen molar-refractivity contribution in [2.45, 2.75) is 12.1 Å². The number of nitrogens with one attached hydrogen (secondary N) is 1. The number of urea groups is 1. The number of nitrogens with zero attached hydrogens (tertiary/aromatic N) is 1. The summed E-state index contributed by atoms with van der Waals surface area (Å²) in [7, 11) is 1.34. The summed E-state index contributed by atoms with van der Waals surface area (Å²) in [6.07, 6.45) is 0. The predicted molar refractivity (Wildman–Crippen MR) is 59.2 cm³/mol. The van der Waals surface area contributed by atoms with Crippen molar-refractivity contribution in [2.75, 3.05) is 13.7 Å². The minimum Gasteiger partial charge on any atom is -0.467 e. The van der Waals surface area contributed by atoms with Gasteiger partial charge in [-0.15, -0.1) is 0 Å². The first kappa shape index (κ1) is 10.1. The summed E-state index contributed by atoms with van der Waals surface area (Å²) < 4.78 is 4.78. The molecule has 1 unspecified atom stereocenters. The van der Waals surface area contributed by atoms with E-state index in [1.165, 1.54) is 12.0 Å². The Labute approximate surface area is 98.4 Å². The van der Waals surface area contributed by atoms with E-state index in [0.29, 0.717) is 6.54 Å². The molecule has 0 saturated carbocycles. The molecule has 2 amide bonds. The van der Waals surface area contributed by atoms with Gasteiger partial charge in [-0.25, -0.2) is 9.59 Å². The van der Waals surface area contributed by atoms with E-state index in [0.717, 1.165) is 11.1 Å². The second kappa shape index (κ2) is 3.48. The molecule has 2 heterocycles. The van der Waals surface area contributed by atoms with Crippen LogP contribution in [0.1, 0.15) is 23.2 Å². The van der Waals surface area contributed by atoms with Crippen LogP contribution < -0.4 is 5.32 Å². The lowest BCUT2D eigenvalue weighted by atomic mass is 9.91. The Kier molecular flexibility index (Phi) is 2.07. The third-order valence-corrected chi connectivity index (χ3v) is 3.34. The zero-order valence-electron chi connectivity index (χ0n) is 9.34. The Morgan fingerprint density at radius 2 is 2.12 bits per heavy atom. The van der Waals surface area contributed by atoms with Crippen molar-refractivity contribution < 1.29 is 14.3 Å². The van der Waals surface area contributed by atoms with Crippen LogP contribution in [-0.4, -0.2) is 30.6 Å². The van der Waals surface area contributed by atoms with E-state index in [4.69, 9.17) is 4.74 Å². The van der Waals surface area contributed by atoms with E-state index in [9.17, 15) is 9.59 Å². The molecule has 2 atom stereocenters. The molecule has 1 saturated heterocycles.